The zero-order chi connectivity index (χ0) is 6.97. The lowest BCUT2D eigenvalue weighted by atomic mass is 10.3. The van der Waals surface area contributed by atoms with Crippen molar-refractivity contribution < 1.29 is 4.42 Å². The first-order valence-electron chi connectivity index (χ1n) is 3.03. The summed E-state index contributed by atoms with van der Waals surface area (Å²) in [5.41, 5.74) is 2.53. The molecule has 0 unspecified atom stereocenters. The molecular formula is C7H6N2O. The van der Waals surface area contributed by atoms with E-state index in [0.29, 0.717) is 5.65 Å². The van der Waals surface area contributed by atoms with Crippen LogP contribution in [0.5, 0.6) is 0 Å². The summed E-state index contributed by atoms with van der Waals surface area (Å²) in [6, 6.07) is 1.90. The fourth-order valence-corrected chi connectivity index (χ4v) is 0.897. The molecule has 2 rings (SSSR count). The minimum atomic E-state index is 0.681. The highest BCUT2D eigenvalue weighted by molar-refractivity contribution is 5.70. The van der Waals surface area contributed by atoms with Gasteiger partial charge in [0.15, 0.2) is 17.6 Å². The highest BCUT2D eigenvalue weighted by atomic mass is 16.3. The van der Waals surface area contributed by atoms with Crippen molar-refractivity contribution in [3.05, 3.63) is 24.2 Å². The molecule has 0 amide bonds. The predicted molar refractivity (Wildman–Crippen MR) is 36.5 cm³/mol. The fourth-order valence-electron chi connectivity index (χ4n) is 0.897. The number of nitrogens with zero attached hydrogens (tertiary/aromatic N) is 2. The first kappa shape index (κ1) is 5.41. The Balaban J connectivity index is 2.95. The van der Waals surface area contributed by atoms with Gasteiger partial charge in [-0.1, -0.05) is 0 Å². The zero-order valence-corrected chi connectivity index (χ0v) is 5.53. The Morgan fingerprint density at radius 3 is 3.10 bits per heavy atom. The van der Waals surface area contributed by atoms with Gasteiger partial charge < -0.3 is 4.42 Å². The number of rotatable bonds is 0. The Hall–Kier alpha value is -1.38. The van der Waals surface area contributed by atoms with Crippen LogP contribution in [0.3, 0.4) is 0 Å². The second kappa shape index (κ2) is 1.80. The Morgan fingerprint density at radius 2 is 2.30 bits per heavy atom. The van der Waals surface area contributed by atoms with Crippen molar-refractivity contribution in [3.8, 4) is 0 Å². The van der Waals surface area contributed by atoms with E-state index in [0.717, 1.165) is 11.1 Å². The number of hydrogen-bond acceptors (Lipinski definition) is 3. The monoisotopic (exact) mass is 134 g/mol. The van der Waals surface area contributed by atoms with Gasteiger partial charge in [0.25, 0.3) is 0 Å². The van der Waals surface area contributed by atoms with E-state index < -0.39 is 0 Å². The lowest BCUT2D eigenvalue weighted by Crippen LogP contribution is -1.77. The maximum Gasteiger partial charge on any atom is 0.198 e. The van der Waals surface area contributed by atoms with Gasteiger partial charge in [-0.25, -0.2) is 4.98 Å². The van der Waals surface area contributed by atoms with Crippen LogP contribution < -0.4 is 0 Å². The maximum atomic E-state index is 5.08. The molecule has 0 saturated carbocycles. The average Bonchev–Trinajstić information content (AvgIpc) is 2.36. The molecular weight excluding hydrogens is 128 g/mol. The normalized spacial score (nSPS) is 10.5. The van der Waals surface area contributed by atoms with Crippen molar-refractivity contribution in [1.82, 2.24) is 9.97 Å². The molecule has 10 heavy (non-hydrogen) atoms. The van der Waals surface area contributed by atoms with E-state index in [4.69, 9.17) is 4.42 Å². The molecule has 2 aromatic rings. The molecule has 2 aromatic heterocycles. The molecule has 3 heteroatoms. The Morgan fingerprint density at radius 1 is 1.40 bits per heavy atom. The predicted octanol–water partition coefficient (Wildman–Crippen LogP) is 1.53. The molecule has 2 heterocycles. The topological polar surface area (TPSA) is 38.9 Å². The number of aromatic nitrogens is 2. The SMILES string of the molecule is Cc1ccnc2ncoc12. The molecule has 0 radical (unpaired) electrons. The molecule has 0 atom stereocenters. The third-order valence-electron chi connectivity index (χ3n) is 1.43. The minimum absolute atomic E-state index is 0.681. The number of fused-ring (bicyclic) bond motifs is 1. The van der Waals surface area contributed by atoms with Gasteiger partial charge in [0.05, 0.1) is 0 Å². The van der Waals surface area contributed by atoms with Crippen molar-refractivity contribution in [1.29, 1.82) is 0 Å². The summed E-state index contributed by atoms with van der Waals surface area (Å²) in [5.74, 6) is 0. The molecule has 0 saturated heterocycles. The molecule has 3 nitrogen and oxygen atoms in total. The molecule has 50 valence electrons. The highest BCUT2D eigenvalue weighted by Crippen LogP contribution is 2.12. The van der Waals surface area contributed by atoms with Crippen LogP contribution in [0.25, 0.3) is 11.2 Å². The van der Waals surface area contributed by atoms with Crippen molar-refractivity contribution in [2.24, 2.45) is 0 Å². The third-order valence-corrected chi connectivity index (χ3v) is 1.43. The molecule has 0 aliphatic rings. The van der Waals surface area contributed by atoms with Gasteiger partial charge in [0.1, 0.15) is 0 Å². The highest BCUT2D eigenvalue weighted by Gasteiger charge is 1.99. The summed E-state index contributed by atoms with van der Waals surface area (Å²) >= 11 is 0. The molecule has 0 N–H and O–H groups in total. The van der Waals surface area contributed by atoms with Crippen LogP contribution in [-0.2, 0) is 0 Å². The van der Waals surface area contributed by atoms with Crippen LogP contribution in [0, 0.1) is 6.92 Å². The van der Waals surface area contributed by atoms with Gasteiger partial charge in [-0.3, -0.25) is 0 Å². The van der Waals surface area contributed by atoms with Crippen LogP contribution in [0.15, 0.2) is 23.1 Å². The van der Waals surface area contributed by atoms with Crippen LogP contribution in [0.2, 0.25) is 0 Å². The van der Waals surface area contributed by atoms with Crippen molar-refractivity contribution in [3.63, 3.8) is 0 Å². The second-order valence-electron chi connectivity index (χ2n) is 2.13. The summed E-state index contributed by atoms with van der Waals surface area (Å²) in [5, 5.41) is 0. The van der Waals surface area contributed by atoms with Crippen molar-refractivity contribution >= 4 is 11.2 Å². The zero-order valence-electron chi connectivity index (χ0n) is 5.53. The van der Waals surface area contributed by atoms with Gasteiger partial charge in [-0.2, -0.15) is 4.98 Å². The van der Waals surface area contributed by atoms with E-state index in [1.165, 1.54) is 6.39 Å². The van der Waals surface area contributed by atoms with Gasteiger partial charge in [-0.15, -0.1) is 0 Å². The number of oxazole rings is 1. The van der Waals surface area contributed by atoms with Crippen LogP contribution >= 0.6 is 0 Å². The van der Waals surface area contributed by atoms with E-state index in [1.807, 2.05) is 13.0 Å². The van der Waals surface area contributed by atoms with E-state index in [-0.39, 0.29) is 0 Å². The van der Waals surface area contributed by atoms with E-state index in [1.54, 1.807) is 6.20 Å². The van der Waals surface area contributed by atoms with Crippen molar-refractivity contribution in [2.75, 3.05) is 0 Å². The summed E-state index contributed by atoms with van der Waals surface area (Å²) < 4.78 is 5.08. The van der Waals surface area contributed by atoms with Gasteiger partial charge in [-0.05, 0) is 18.6 Å². The number of hydrogen-bond donors (Lipinski definition) is 0. The lowest BCUT2D eigenvalue weighted by Gasteiger charge is -1.88. The standard InChI is InChI=1S/C7H6N2O/c1-5-2-3-8-7-6(5)10-4-9-7/h2-4H,1H3. The van der Waals surface area contributed by atoms with Crippen molar-refractivity contribution in [2.45, 2.75) is 6.92 Å². The Kier molecular flexibility index (Phi) is 0.974. The van der Waals surface area contributed by atoms with Gasteiger partial charge in [0, 0.05) is 6.20 Å². The molecule has 0 fully saturated rings. The molecule has 0 spiro atoms. The number of pyridine rings is 1. The average molecular weight is 134 g/mol. The fraction of sp³-hybridized carbons (Fsp3) is 0.143. The van der Waals surface area contributed by atoms with Gasteiger partial charge >= 0.3 is 0 Å². The molecule has 0 aromatic carbocycles. The van der Waals surface area contributed by atoms with Gasteiger partial charge in [0.2, 0.25) is 0 Å². The summed E-state index contributed by atoms with van der Waals surface area (Å²) in [7, 11) is 0. The third kappa shape index (κ3) is 0.603. The summed E-state index contributed by atoms with van der Waals surface area (Å²) in [4.78, 5) is 7.90. The first-order chi connectivity index (χ1) is 4.88. The molecule has 0 aliphatic heterocycles. The maximum absolute atomic E-state index is 5.08. The number of aryl methyl sites for hydroxylation is 1. The minimum Gasteiger partial charge on any atom is -0.441 e. The Labute approximate surface area is 57.7 Å². The Bertz CT molecular complexity index is 353. The first-order valence-corrected chi connectivity index (χ1v) is 3.03. The quantitative estimate of drug-likeness (QED) is 0.548. The summed E-state index contributed by atoms with van der Waals surface area (Å²) in [6.45, 7) is 1.97. The smallest absolute Gasteiger partial charge is 0.198 e. The lowest BCUT2D eigenvalue weighted by molar-refractivity contribution is 0.599. The largest absolute Gasteiger partial charge is 0.441 e. The van der Waals surface area contributed by atoms with E-state index in [9.17, 15) is 0 Å². The second-order valence-corrected chi connectivity index (χ2v) is 2.13. The van der Waals surface area contributed by atoms with E-state index in [2.05, 4.69) is 9.97 Å². The molecule has 0 bridgehead atoms. The summed E-state index contributed by atoms with van der Waals surface area (Å²) in [6.07, 6.45) is 3.13. The van der Waals surface area contributed by atoms with Crippen LogP contribution in [-0.4, -0.2) is 9.97 Å². The van der Waals surface area contributed by atoms with E-state index >= 15 is 0 Å². The van der Waals surface area contributed by atoms with Crippen LogP contribution in [0.1, 0.15) is 5.56 Å². The van der Waals surface area contributed by atoms with Crippen LogP contribution in [0.4, 0.5) is 0 Å². The molecule has 0 aliphatic carbocycles.